The second-order valence-electron chi connectivity index (χ2n) is 3.96. The van der Waals surface area contributed by atoms with Crippen molar-refractivity contribution in [3.05, 3.63) is 18.4 Å². The molecule has 92 valence electrons. The van der Waals surface area contributed by atoms with Gasteiger partial charge in [0, 0.05) is 6.54 Å². The zero-order chi connectivity index (χ0) is 12.1. The molecule has 0 saturated heterocycles. The quantitative estimate of drug-likeness (QED) is 0.768. The minimum atomic E-state index is 0.178. The Morgan fingerprint density at radius 2 is 2.41 bits per heavy atom. The van der Waals surface area contributed by atoms with Crippen LogP contribution < -0.4 is 5.32 Å². The van der Waals surface area contributed by atoms with Crippen LogP contribution in [0.3, 0.4) is 0 Å². The van der Waals surface area contributed by atoms with Crippen LogP contribution in [0.4, 0.5) is 0 Å². The van der Waals surface area contributed by atoms with E-state index in [1.54, 1.807) is 11.1 Å². The topological polar surface area (TPSA) is 68.8 Å². The van der Waals surface area contributed by atoms with Gasteiger partial charge >= 0.3 is 0 Å². The fourth-order valence-electron chi connectivity index (χ4n) is 1.49. The third-order valence-corrected chi connectivity index (χ3v) is 2.43. The lowest BCUT2D eigenvalue weighted by Gasteiger charge is -2.09. The molecule has 0 aromatic carbocycles. The van der Waals surface area contributed by atoms with Crippen LogP contribution in [0.5, 0.6) is 0 Å². The van der Waals surface area contributed by atoms with Crippen LogP contribution in [0, 0.1) is 0 Å². The summed E-state index contributed by atoms with van der Waals surface area (Å²) in [5.41, 5.74) is 0. The summed E-state index contributed by atoms with van der Waals surface area (Å²) in [5.74, 6) is 1.17. The zero-order valence-corrected chi connectivity index (χ0v) is 10.1. The molecule has 1 unspecified atom stereocenters. The van der Waals surface area contributed by atoms with Crippen molar-refractivity contribution in [3.63, 3.8) is 0 Å². The highest BCUT2D eigenvalue weighted by Crippen LogP contribution is 2.14. The molecule has 0 radical (unpaired) electrons. The number of nitrogens with one attached hydrogen (secondary N) is 1. The largest absolute Gasteiger partial charge is 0.461 e. The van der Waals surface area contributed by atoms with E-state index >= 15 is 0 Å². The van der Waals surface area contributed by atoms with Crippen LogP contribution in [0.15, 0.2) is 22.8 Å². The normalized spacial score (nSPS) is 12.8. The van der Waals surface area contributed by atoms with Gasteiger partial charge in [0.15, 0.2) is 5.76 Å². The van der Waals surface area contributed by atoms with Crippen LogP contribution in [0.25, 0.3) is 11.6 Å². The maximum Gasteiger partial charge on any atom is 0.240 e. The van der Waals surface area contributed by atoms with Crippen molar-refractivity contribution >= 4 is 0 Å². The van der Waals surface area contributed by atoms with E-state index in [1.165, 1.54) is 0 Å². The molecule has 0 bridgehead atoms. The van der Waals surface area contributed by atoms with Crippen LogP contribution >= 0.6 is 0 Å². The second kappa shape index (κ2) is 5.58. The Bertz CT molecular complexity index is 436. The summed E-state index contributed by atoms with van der Waals surface area (Å²) in [6, 6.07) is 3.81. The molecule has 2 rings (SSSR count). The third kappa shape index (κ3) is 2.91. The molecule has 1 N–H and O–H groups in total. The fourth-order valence-corrected chi connectivity index (χ4v) is 1.49. The highest BCUT2D eigenvalue weighted by molar-refractivity contribution is 5.43. The van der Waals surface area contributed by atoms with Gasteiger partial charge in [-0.25, -0.2) is 0 Å². The monoisotopic (exact) mass is 235 g/mol. The maximum atomic E-state index is 5.22. The molecule has 0 spiro atoms. The average Bonchev–Trinajstić information content (AvgIpc) is 3.00. The van der Waals surface area contributed by atoms with Gasteiger partial charge in [0.1, 0.15) is 0 Å². The SMILES string of the molecule is CCCNCC(C)n1nnc(-c2ccco2)n1. The van der Waals surface area contributed by atoms with Gasteiger partial charge in [0.25, 0.3) is 0 Å². The van der Waals surface area contributed by atoms with Crippen molar-refractivity contribution in [2.75, 3.05) is 13.1 Å². The predicted octanol–water partition coefficient (Wildman–Crippen LogP) is 1.49. The summed E-state index contributed by atoms with van der Waals surface area (Å²) < 4.78 is 5.22. The van der Waals surface area contributed by atoms with Gasteiger partial charge in [-0.3, -0.25) is 0 Å². The first kappa shape index (κ1) is 11.8. The Hall–Kier alpha value is -1.69. The highest BCUT2D eigenvalue weighted by Gasteiger charge is 2.12. The van der Waals surface area contributed by atoms with Gasteiger partial charge in [0.05, 0.1) is 12.3 Å². The van der Waals surface area contributed by atoms with Crippen molar-refractivity contribution in [1.29, 1.82) is 0 Å². The minimum Gasteiger partial charge on any atom is -0.461 e. The lowest BCUT2D eigenvalue weighted by Crippen LogP contribution is -2.25. The summed E-state index contributed by atoms with van der Waals surface area (Å²) >= 11 is 0. The van der Waals surface area contributed by atoms with Crippen molar-refractivity contribution < 1.29 is 4.42 Å². The molecule has 0 aliphatic heterocycles. The number of aromatic nitrogens is 4. The van der Waals surface area contributed by atoms with Crippen LogP contribution in [0.1, 0.15) is 26.3 Å². The Labute approximate surface area is 100 Å². The van der Waals surface area contributed by atoms with Gasteiger partial charge in [-0.2, -0.15) is 4.80 Å². The molecule has 2 aromatic heterocycles. The lowest BCUT2D eigenvalue weighted by atomic mass is 10.3. The summed E-state index contributed by atoms with van der Waals surface area (Å²) in [6.45, 7) is 6.03. The molecule has 1 atom stereocenters. The van der Waals surface area contributed by atoms with Crippen molar-refractivity contribution in [1.82, 2.24) is 25.5 Å². The van der Waals surface area contributed by atoms with Crippen molar-refractivity contribution in [2.45, 2.75) is 26.3 Å². The number of hydrogen-bond acceptors (Lipinski definition) is 5. The molecule has 0 aliphatic rings. The van der Waals surface area contributed by atoms with Crippen molar-refractivity contribution in [3.8, 4) is 11.6 Å². The number of nitrogens with zero attached hydrogens (tertiary/aromatic N) is 4. The molecule has 0 aliphatic carbocycles. The van der Waals surface area contributed by atoms with Gasteiger partial charge < -0.3 is 9.73 Å². The molecule has 2 heterocycles. The van der Waals surface area contributed by atoms with Crippen molar-refractivity contribution in [2.24, 2.45) is 0 Å². The molecule has 0 saturated carbocycles. The highest BCUT2D eigenvalue weighted by atomic mass is 16.3. The molecular formula is C11H17N5O. The summed E-state index contributed by atoms with van der Waals surface area (Å²) in [4.78, 5) is 1.61. The summed E-state index contributed by atoms with van der Waals surface area (Å²) in [5, 5.41) is 15.6. The number of tetrazole rings is 1. The minimum absolute atomic E-state index is 0.178. The van der Waals surface area contributed by atoms with E-state index in [2.05, 4.69) is 34.6 Å². The fraction of sp³-hybridized carbons (Fsp3) is 0.545. The molecule has 6 nitrogen and oxygen atoms in total. The standard InChI is InChI=1S/C11H17N5O/c1-3-6-12-8-9(2)16-14-11(13-15-16)10-5-4-7-17-10/h4-5,7,9,12H,3,6,8H2,1-2H3. The van der Waals surface area contributed by atoms with E-state index in [0.29, 0.717) is 11.6 Å². The first-order chi connectivity index (χ1) is 8.31. The number of hydrogen-bond donors (Lipinski definition) is 1. The van der Waals surface area contributed by atoms with E-state index in [-0.39, 0.29) is 6.04 Å². The molecule has 17 heavy (non-hydrogen) atoms. The van der Waals surface area contributed by atoms with Gasteiger partial charge in [-0.15, -0.1) is 10.2 Å². The molecule has 0 amide bonds. The zero-order valence-electron chi connectivity index (χ0n) is 10.1. The molecule has 0 fully saturated rings. The van der Waals surface area contributed by atoms with E-state index in [0.717, 1.165) is 19.5 Å². The number of rotatable bonds is 6. The first-order valence-corrected chi connectivity index (χ1v) is 5.85. The number of furan rings is 1. The average molecular weight is 235 g/mol. The Morgan fingerprint density at radius 1 is 1.53 bits per heavy atom. The first-order valence-electron chi connectivity index (χ1n) is 5.85. The smallest absolute Gasteiger partial charge is 0.240 e. The summed E-state index contributed by atoms with van der Waals surface area (Å²) in [7, 11) is 0. The van der Waals surface area contributed by atoms with Gasteiger partial charge in [-0.05, 0) is 37.2 Å². The molecule has 2 aromatic rings. The second-order valence-corrected chi connectivity index (χ2v) is 3.96. The van der Waals surface area contributed by atoms with Crippen LogP contribution in [0.2, 0.25) is 0 Å². The van der Waals surface area contributed by atoms with Gasteiger partial charge in [0.2, 0.25) is 5.82 Å². The summed E-state index contributed by atoms with van der Waals surface area (Å²) in [6.07, 6.45) is 2.72. The van der Waals surface area contributed by atoms with E-state index in [4.69, 9.17) is 4.42 Å². The molecule has 6 heteroatoms. The third-order valence-electron chi connectivity index (χ3n) is 2.43. The maximum absolute atomic E-state index is 5.22. The molecular weight excluding hydrogens is 218 g/mol. The Morgan fingerprint density at radius 3 is 3.12 bits per heavy atom. The predicted molar refractivity (Wildman–Crippen MR) is 63.4 cm³/mol. The lowest BCUT2D eigenvalue weighted by molar-refractivity contribution is 0.401. The van der Waals surface area contributed by atoms with E-state index in [9.17, 15) is 0 Å². The van der Waals surface area contributed by atoms with Crippen LogP contribution in [-0.2, 0) is 0 Å². The van der Waals surface area contributed by atoms with Gasteiger partial charge in [-0.1, -0.05) is 6.92 Å². The Kier molecular flexibility index (Phi) is 3.87. The van der Waals surface area contributed by atoms with Crippen LogP contribution in [-0.4, -0.2) is 33.3 Å². The van der Waals surface area contributed by atoms with E-state index in [1.807, 2.05) is 12.1 Å². The Balaban J connectivity index is 1.98. The van der Waals surface area contributed by atoms with E-state index < -0.39 is 0 Å².